The number of hydrogen-bond acceptors (Lipinski definition) is 0. The van der Waals surface area contributed by atoms with E-state index in [9.17, 15) is 0 Å². The molecule has 0 aliphatic heterocycles. The van der Waals surface area contributed by atoms with Gasteiger partial charge in [-0.25, -0.2) is 0 Å². The van der Waals surface area contributed by atoms with Crippen LogP contribution >= 0.6 is 0 Å². The number of hydrogen-bond donors (Lipinski definition) is 0. The predicted molar refractivity (Wildman–Crippen MR) is 57.1 cm³/mol. The summed E-state index contributed by atoms with van der Waals surface area (Å²) in [5.74, 6) is 1.89. The zero-order valence-electron chi connectivity index (χ0n) is 9.27. The van der Waals surface area contributed by atoms with Crippen molar-refractivity contribution in [3.8, 4) is 0 Å². The maximum Gasteiger partial charge on any atom is -0.0394 e. The molecule has 0 nitrogen and oxygen atoms in total. The Kier molecular flexibility index (Phi) is 7.64. The van der Waals surface area contributed by atoms with Crippen LogP contribution in [0.1, 0.15) is 59.8 Å². The van der Waals surface area contributed by atoms with Crippen LogP contribution in [0.3, 0.4) is 0 Å². The van der Waals surface area contributed by atoms with Crippen molar-refractivity contribution in [1.29, 1.82) is 0 Å². The van der Waals surface area contributed by atoms with Gasteiger partial charge in [-0.1, -0.05) is 59.8 Å². The summed E-state index contributed by atoms with van der Waals surface area (Å²) in [6, 6.07) is 0. The largest absolute Gasteiger partial charge is 0.0651 e. The molecule has 1 atom stereocenters. The van der Waals surface area contributed by atoms with Crippen LogP contribution in [-0.4, -0.2) is 0 Å². The molecule has 0 aliphatic rings. The molecule has 0 aromatic carbocycles. The molecule has 0 amide bonds. The molecule has 0 N–H and O–H groups in total. The lowest BCUT2D eigenvalue weighted by Crippen LogP contribution is -2.09. The molecule has 0 heteroatoms. The Balaban J connectivity index is 3.47. The molecular formula is C12H25. The molecule has 12 heavy (non-hydrogen) atoms. The summed E-state index contributed by atoms with van der Waals surface area (Å²) in [7, 11) is 0. The van der Waals surface area contributed by atoms with Crippen LogP contribution in [0.4, 0.5) is 0 Å². The van der Waals surface area contributed by atoms with Gasteiger partial charge in [0.05, 0.1) is 0 Å². The Morgan fingerprint density at radius 2 is 1.75 bits per heavy atom. The SMILES string of the molecule is C[CH]CCCC(C)C(CC)CC. The Hall–Kier alpha value is 0. The van der Waals surface area contributed by atoms with E-state index in [0.29, 0.717) is 0 Å². The van der Waals surface area contributed by atoms with Gasteiger partial charge in [0, 0.05) is 0 Å². The number of rotatable bonds is 7. The highest BCUT2D eigenvalue weighted by Crippen LogP contribution is 2.23. The smallest absolute Gasteiger partial charge is 0.0394 e. The van der Waals surface area contributed by atoms with Crippen LogP contribution < -0.4 is 0 Å². The fourth-order valence-corrected chi connectivity index (χ4v) is 1.97. The van der Waals surface area contributed by atoms with Crippen molar-refractivity contribution in [2.24, 2.45) is 11.8 Å². The van der Waals surface area contributed by atoms with Gasteiger partial charge in [-0.3, -0.25) is 0 Å². The zero-order chi connectivity index (χ0) is 9.40. The first kappa shape index (κ1) is 12.0. The van der Waals surface area contributed by atoms with E-state index in [1.54, 1.807) is 0 Å². The van der Waals surface area contributed by atoms with Crippen molar-refractivity contribution in [2.45, 2.75) is 59.8 Å². The lowest BCUT2D eigenvalue weighted by Gasteiger charge is -2.20. The minimum absolute atomic E-state index is 0.931. The van der Waals surface area contributed by atoms with Crippen molar-refractivity contribution in [3.05, 3.63) is 6.42 Å². The Morgan fingerprint density at radius 3 is 2.17 bits per heavy atom. The Bertz CT molecular complexity index is 82.0. The van der Waals surface area contributed by atoms with Gasteiger partial charge in [0.25, 0.3) is 0 Å². The topological polar surface area (TPSA) is 0 Å². The second-order valence-electron chi connectivity index (χ2n) is 3.89. The Labute approximate surface area is 78.8 Å². The van der Waals surface area contributed by atoms with Gasteiger partial charge in [-0.05, 0) is 18.3 Å². The minimum atomic E-state index is 0.931. The van der Waals surface area contributed by atoms with E-state index in [1.165, 1.54) is 32.1 Å². The van der Waals surface area contributed by atoms with Gasteiger partial charge in [-0.15, -0.1) is 0 Å². The molecule has 73 valence electrons. The second kappa shape index (κ2) is 7.64. The average Bonchev–Trinajstić information content (AvgIpc) is 2.07. The van der Waals surface area contributed by atoms with E-state index < -0.39 is 0 Å². The first-order valence-corrected chi connectivity index (χ1v) is 5.54. The first-order chi connectivity index (χ1) is 5.76. The second-order valence-corrected chi connectivity index (χ2v) is 3.89. The maximum absolute atomic E-state index is 2.41. The summed E-state index contributed by atoms with van der Waals surface area (Å²) in [6.45, 7) is 9.20. The summed E-state index contributed by atoms with van der Waals surface area (Å²) in [5.41, 5.74) is 0. The highest BCUT2D eigenvalue weighted by Gasteiger charge is 2.12. The molecule has 0 aromatic rings. The van der Waals surface area contributed by atoms with E-state index in [4.69, 9.17) is 0 Å². The fourth-order valence-electron chi connectivity index (χ4n) is 1.97. The van der Waals surface area contributed by atoms with Crippen LogP contribution in [0.15, 0.2) is 0 Å². The molecule has 0 bridgehead atoms. The van der Waals surface area contributed by atoms with Gasteiger partial charge in [-0.2, -0.15) is 0 Å². The molecule has 0 spiro atoms. The monoisotopic (exact) mass is 169 g/mol. The summed E-state index contributed by atoms with van der Waals surface area (Å²) in [6.07, 6.45) is 9.08. The van der Waals surface area contributed by atoms with Gasteiger partial charge in [0.1, 0.15) is 0 Å². The first-order valence-electron chi connectivity index (χ1n) is 5.54. The maximum atomic E-state index is 2.41. The summed E-state index contributed by atoms with van der Waals surface area (Å²) in [5, 5.41) is 0. The normalized spacial score (nSPS) is 13.8. The zero-order valence-corrected chi connectivity index (χ0v) is 9.27. The third kappa shape index (κ3) is 4.79. The van der Waals surface area contributed by atoms with Crippen LogP contribution in [0.5, 0.6) is 0 Å². The van der Waals surface area contributed by atoms with Crippen LogP contribution in [0.25, 0.3) is 0 Å². The molecule has 0 heterocycles. The van der Waals surface area contributed by atoms with Gasteiger partial charge in [0.15, 0.2) is 0 Å². The molecule has 1 unspecified atom stereocenters. The third-order valence-corrected chi connectivity index (χ3v) is 3.01. The van der Waals surface area contributed by atoms with Crippen molar-refractivity contribution in [1.82, 2.24) is 0 Å². The molecule has 0 fully saturated rings. The quantitative estimate of drug-likeness (QED) is 0.494. The fraction of sp³-hybridized carbons (Fsp3) is 0.917. The Morgan fingerprint density at radius 1 is 1.17 bits per heavy atom. The van der Waals surface area contributed by atoms with E-state index in [2.05, 4.69) is 34.1 Å². The van der Waals surface area contributed by atoms with Crippen molar-refractivity contribution in [3.63, 3.8) is 0 Å². The van der Waals surface area contributed by atoms with Crippen LogP contribution in [-0.2, 0) is 0 Å². The van der Waals surface area contributed by atoms with Crippen molar-refractivity contribution < 1.29 is 0 Å². The lowest BCUT2D eigenvalue weighted by atomic mass is 9.86. The lowest BCUT2D eigenvalue weighted by molar-refractivity contribution is 0.313. The van der Waals surface area contributed by atoms with Crippen molar-refractivity contribution >= 4 is 0 Å². The number of unbranched alkanes of at least 4 members (excludes halogenated alkanes) is 2. The van der Waals surface area contributed by atoms with E-state index >= 15 is 0 Å². The van der Waals surface area contributed by atoms with Gasteiger partial charge < -0.3 is 0 Å². The third-order valence-electron chi connectivity index (χ3n) is 3.01. The molecule has 0 saturated heterocycles. The minimum Gasteiger partial charge on any atom is -0.0651 e. The highest BCUT2D eigenvalue weighted by molar-refractivity contribution is 4.65. The summed E-state index contributed by atoms with van der Waals surface area (Å²) >= 11 is 0. The van der Waals surface area contributed by atoms with Gasteiger partial charge >= 0.3 is 0 Å². The summed E-state index contributed by atoms with van der Waals surface area (Å²) < 4.78 is 0. The predicted octanol–water partition coefficient (Wildman–Crippen LogP) is 4.45. The van der Waals surface area contributed by atoms with E-state index in [1.807, 2.05) is 0 Å². The average molecular weight is 169 g/mol. The molecular weight excluding hydrogens is 144 g/mol. The van der Waals surface area contributed by atoms with Gasteiger partial charge in [0.2, 0.25) is 0 Å². The van der Waals surface area contributed by atoms with E-state index in [-0.39, 0.29) is 0 Å². The molecule has 0 aromatic heterocycles. The molecule has 0 rings (SSSR count). The van der Waals surface area contributed by atoms with Crippen LogP contribution in [0, 0.1) is 18.3 Å². The van der Waals surface area contributed by atoms with E-state index in [0.717, 1.165) is 11.8 Å². The van der Waals surface area contributed by atoms with Crippen molar-refractivity contribution in [2.75, 3.05) is 0 Å². The highest BCUT2D eigenvalue weighted by atomic mass is 14.2. The van der Waals surface area contributed by atoms with Crippen LogP contribution in [0.2, 0.25) is 0 Å². The molecule has 1 radical (unpaired) electrons. The molecule has 0 aliphatic carbocycles. The summed E-state index contributed by atoms with van der Waals surface area (Å²) in [4.78, 5) is 0. The molecule has 0 saturated carbocycles. The standard InChI is InChI=1S/C12H25/c1-5-8-9-10-11(4)12(6-2)7-3/h5,11-12H,6-10H2,1-4H3.